The first kappa shape index (κ1) is 12.4. The second kappa shape index (κ2) is 4.81. The van der Waals surface area contributed by atoms with E-state index in [1.807, 2.05) is 48.0 Å². The van der Waals surface area contributed by atoms with Gasteiger partial charge in [-0.2, -0.15) is 0 Å². The lowest BCUT2D eigenvalue weighted by Gasteiger charge is -2.07. The van der Waals surface area contributed by atoms with Crippen molar-refractivity contribution in [2.45, 2.75) is 6.92 Å². The fraction of sp³-hybridized carbons (Fsp3) is 0.125. The number of benzene rings is 1. The molecule has 0 spiro atoms. The van der Waals surface area contributed by atoms with Crippen LogP contribution in [-0.2, 0) is 0 Å². The molecule has 0 aliphatic heterocycles. The SMILES string of the molecule is COc1ccc(-n2ccc3c(C)c(C=O)cnc32)cc1. The molecule has 0 amide bonds. The maximum Gasteiger partial charge on any atom is 0.151 e. The quantitative estimate of drug-likeness (QED) is 0.684. The van der Waals surface area contributed by atoms with Crippen LogP contribution in [0, 0.1) is 6.92 Å². The van der Waals surface area contributed by atoms with Gasteiger partial charge in [0.05, 0.1) is 7.11 Å². The van der Waals surface area contributed by atoms with Crippen LogP contribution in [0.15, 0.2) is 42.7 Å². The number of hydrogen-bond donors (Lipinski definition) is 0. The minimum atomic E-state index is 0.630. The number of fused-ring (bicyclic) bond motifs is 1. The first-order valence-electron chi connectivity index (χ1n) is 6.31. The third kappa shape index (κ3) is 1.86. The molecule has 0 saturated heterocycles. The van der Waals surface area contributed by atoms with Gasteiger partial charge >= 0.3 is 0 Å². The Morgan fingerprint density at radius 1 is 1.20 bits per heavy atom. The molecule has 0 fully saturated rings. The molecule has 0 aliphatic carbocycles. The van der Waals surface area contributed by atoms with Gasteiger partial charge in [-0.05, 0) is 42.8 Å². The maximum absolute atomic E-state index is 11.0. The summed E-state index contributed by atoms with van der Waals surface area (Å²) in [7, 11) is 1.64. The highest BCUT2D eigenvalue weighted by atomic mass is 16.5. The van der Waals surface area contributed by atoms with Crippen LogP contribution in [0.25, 0.3) is 16.7 Å². The van der Waals surface area contributed by atoms with Crippen molar-refractivity contribution < 1.29 is 9.53 Å². The van der Waals surface area contributed by atoms with Crippen LogP contribution < -0.4 is 4.74 Å². The number of ether oxygens (including phenoxy) is 1. The lowest BCUT2D eigenvalue weighted by atomic mass is 10.1. The van der Waals surface area contributed by atoms with E-state index < -0.39 is 0 Å². The molecule has 4 heteroatoms. The summed E-state index contributed by atoms with van der Waals surface area (Å²) in [6.45, 7) is 1.94. The minimum Gasteiger partial charge on any atom is -0.497 e. The van der Waals surface area contributed by atoms with Gasteiger partial charge in [-0.1, -0.05) is 0 Å². The van der Waals surface area contributed by atoms with Crippen LogP contribution in [0.4, 0.5) is 0 Å². The van der Waals surface area contributed by atoms with Crippen molar-refractivity contribution >= 4 is 17.3 Å². The third-order valence-corrected chi connectivity index (χ3v) is 3.50. The standard InChI is InChI=1S/C16H14N2O2/c1-11-12(10-19)9-17-16-15(11)7-8-18(16)13-3-5-14(20-2)6-4-13/h3-10H,1-2H3. The van der Waals surface area contributed by atoms with Gasteiger partial charge in [0.1, 0.15) is 11.4 Å². The van der Waals surface area contributed by atoms with Gasteiger partial charge in [0.15, 0.2) is 6.29 Å². The van der Waals surface area contributed by atoms with E-state index in [0.717, 1.165) is 34.3 Å². The molecule has 3 rings (SSSR count). The minimum absolute atomic E-state index is 0.630. The zero-order valence-corrected chi connectivity index (χ0v) is 11.3. The largest absolute Gasteiger partial charge is 0.497 e. The Morgan fingerprint density at radius 3 is 2.60 bits per heavy atom. The molecule has 2 heterocycles. The highest BCUT2D eigenvalue weighted by Gasteiger charge is 2.09. The second-order valence-electron chi connectivity index (χ2n) is 4.58. The first-order valence-corrected chi connectivity index (χ1v) is 6.31. The van der Waals surface area contributed by atoms with E-state index in [0.29, 0.717) is 5.56 Å². The molecular weight excluding hydrogens is 252 g/mol. The molecule has 0 aliphatic rings. The molecular formula is C16H14N2O2. The predicted molar refractivity (Wildman–Crippen MR) is 77.7 cm³/mol. The lowest BCUT2D eigenvalue weighted by molar-refractivity contribution is 0.112. The highest BCUT2D eigenvalue weighted by Crippen LogP contribution is 2.24. The van der Waals surface area contributed by atoms with Crippen molar-refractivity contribution in [3.63, 3.8) is 0 Å². The number of aldehydes is 1. The van der Waals surface area contributed by atoms with Crippen LogP contribution in [0.5, 0.6) is 5.75 Å². The van der Waals surface area contributed by atoms with Crippen LogP contribution in [0.2, 0.25) is 0 Å². The van der Waals surface area contributed by atoms with E-state index in [-0.39, 0.29) is 0 Å². The number of rotatable bonds is 3. The molecule has 1 aromatic carbocycles. The molecule has 20 heavy (non-hydrogen) atoms. The number of carbonyl (C=O) groups excluding carboxylic acids is 1. The Bertz CT molecular complexity index is 773. The van der Waals surface area contributed by atoms with Gasteiger partial charge in [-0.15, -0.1) is 0 Å². The molecule has 2 aromatic heterocycles. The van der Waals surface area contributed by atoms with E-state index in [4.69, 9.17) is 4.74 Å². The van der Waals surface area contributed by atoms with Crippen LogP contribution >= 0.6 is 0 Å². The van der Waals surface area contributed by atoms with Crippen molar-refractivity contribution in [1.82, 2.24) is 9.55 Å². The molecule has 100 valence electrons. The predicted octanol–water partition coefficient (Wildman–Crippen LogP) is 3.16. The summed E-state index contributed by atoms with van der Waals surface area (Å²) in [4.78, 5) is 15.3. The summed E-state index contributed by atoms with van der Waals surface area (Å²) in [5.41, 5.74) is 3.44. The Morgan fingerprint density at radius 2 is 1.95 bits per heavy atom. The van der Waals surface area contributed by atoms with Gasteiger partial charge < -0.3 is 9.30 Å². The van der Waals surface area contributed by atoms with Crippen molar-refractivity contribution in [1.29, 1.82) is 0 Å². The molecule has 0 saturated carbocycles. The smallest absolute Gasteiger partial charge is 0.151 e. The van der Waals surface area contributed by atoms with E-state index in [1.165, 1.54) is 0 Å². The number of carbonyl (C=O) groups is 1. The molecule has 0 atom stereocenters. The van der Waals surface area contributed by atoms with E-state index in [2.05, 4.69) is 4.98 Å². The number of methoxy groups -OCH3 is 1. The second-order valence-corrected chi connectivity index (χ2v) is 4.58. The van der Waals surface area contributed by atoms with Crippen molar-refractivity contribution in [2.75, 3.05) is 7.11 Å². The van der Waals surface area contributed by atoms with E-state index in [1.54, 1.807) is 13.3 Å². The van der Waals surface area contributed by atoms with E-state index in [9.17, 15) is 4.79 Å². The normalized spacial score (nSPS) is 10.7. The van der Waals surface area contributed by atoms with Crippen LogP contribution in [0.1, 0.15) is 15.9 Å². The molecule has 0 radical (unpaired) electrons. The Hall–Kier alpha value is -2.62. The lowest BCUT2D eigenvalue weighted by Crippen LogP contribution is -1.96. The fourth-order valence-corrected chi connectivity index (χ4v) is 2.30. The zero-order valence-electron chi connectivity index (χ0n) is 11.3. The average Bonchev–Trinajstić information content (AvgIpc) is 2.92. The molecule has 3 aromatic rings. The van der Waals surface area contributed by atoms with Gasteiger partial charge in [0, 0.05) is 29.0 Å². The molecule has 0 N–H and O–H groups in total. The number of aromatic nitrogens is 2. The zero-order chi connectivity index (χ0) is 14.1. The van der Waals surface area contributed by atoms with Crippen LogP contribution in [0.3, 0.4) is 0 Å². The monoisotopic (exact) mass is 266 g/mol. The summed E-state index contributed by atoms with van der Waals surface area (Å²) in [6.07, 6.45) is 4.41. The van der Waals surface area contributed by atoms with Gasteiger partial charge in [-0.25, -0.2) is 4.98 Å². The van der Waals surface area contributed by atoms with Crippen molar-refractivity contribution in [3.05, 3.63) is 53.9 Å². The average molecular weight is 266 g/mol. The Balaban J connectivity index is 2.16. The number of hydrogen-bond acceptors (Lipinski definition) is 3. The van der Waals surface area contributed by atoms with Gasteiger partial charge in [0.2, 0.25) is 0 Å². The van der Waals surface area contributed by atoms with Crippen LogP contribution in [-0.4, -0.2) is 22.9 Å². The summed E-state index contributed by atoms with van der Waals surface area (Å²) in [6, 6.07) is 9.75. The third-order valence-electron chi connectivity index (χ3n) is 3.50. The Kier molecular flexibility index (Phi) is 2.99. The number of nitrogens with zero attached hydrogens (tertiary/aromatic N) is 2. The number of pyridine rings is 1. The molecule has 0 bridgehead atoms. The summed E-state index contributed by atoms with van der Waals surface area (Å²) in [5, 5.41) is 0.991. The highest BCUT2D eigenvalue weighted by molar-refractivity contribution is 5.89. The maximum atomic E-state index is 11.0. The molecule has 0 unspecified atom stereocenters. The fourth-order valence-electron chi connectivity index (χ4n) is 2.30. The summed E-state index contributed by atoms with van der Waals surface area (Å²) >= 11 is 0. The first-order chi connectivity index (χ1) is 9.74. The number of aryl methyl sites for hydroxylation is 1. The van der Waals surface area contributed by atoms with Crippen molar-refractivity contribution in [3.8, 4) is 11.4 Å². The summed E-state index contributed by atoms with van der Waals surface area (Å²) < 4.78 is 7.16. The topological polar surface area (TPSA) is 44.1 Å². The Labute approximate surface area is 116 Å². The van der Waals surface area contributed by atoms with E-state index >= 15 is 0 Å². The van der Waals surface area contributed by atoms with Crippen molar-refractivity contribution in [2.24, 2.45) is 0 Å². The summed E-state index contributed by atoms with van der Waals surface area (Å²) in [5.74, 6) is 0.817. The van der Waals surface area contributed by atoms with Gasteiger partial charge in [-0.3, -0.25) is 4.79 Å². The molecule has 4 nitrogen and oxygen atoms in total. The van der Waals surface area contributed by atoms with Gasteiger partial charge in [0.25, 0.3) is 0 Å².